The first-order valence-electron chi connectivity index (χ1n) is 4.26. The summed E-state index contributed by atoms with van der Waals surface area (Å²) in [5.41, 5.74) is 1.74. The molecular formula is C9H8ClN3OS. The van der Waals surface area contributed by atoms with Gasteiger partial charge in [0, 0.05) is 23.0 Å². The molecule has 0 fully saturated rings. The molecule has 6 heteroatoms. The first-order chi connectivity index (χ1) is 7.24. The third-order valence-corrected chi connectivity index (χ3v) is 2.71. The van der Waals surface area contributed by atoms with E-state index in [-0.39, 0.29) is 4.87 Å². The van der Waals surface area contributed by atoms with Gasteiger partial charge < -0.3 is 10.3 Å². The molecule has 2 aromatic rings. The summed E-state index contributed by atoms with van der Waals surface area (Å²) >= 11 is 6.88. The molecule has 0 aliphatic rings. The number of pyridine rings is 1. The lowest BCUT2D eigenvalue weighted by Crippen LogP contribution is -2.02. The van der Waals surface area contributed by atoms with E-state index in [4.69, 9.17) is 11.6 Å². The summed E-state index contributed by atoms with van der Waals surface area (Å²) in [6, 6.07) is 3.54. The van der Waals surface area contributed by atoms with Gasteiger partial charge >= 0.3 is 4.87 Å². The summed E-state index contributed by atoms with van der Waals surface area (Å²) in [6.45, 7) is 0.569. The summed E-state index contributed by atoms with van der Waals surface area (Å²) < 4.78 is 0. The van der Waals surface area contributed by atoms with Gasteiger partial charge in [-0.05, 0) is 12.1 Å². The van der Waals surface area contributed by atoms with Crippen molar-refractivity contribution < 1.29 is 0 Å². The lowest BCUT2D eigenvalue weighted by atomic mass is 10.4. The van der Waals surface area contributed by atoms with E-state index < -0.39 is 0 Å². The quantitative estimate of drug-likeness (QED) is 0.809. The van der Waals surface area contributed by atoms with Crippen molar-refractivity contribution in [1.82, 2.24) is 9.97 Å². The highest BCUT2D eigenvalue weighted by Gasteiger charge is 1.97. The van der Waals surface area contributed by atoms with Crippen LogP contribution >= 0.6 is 22.9 Å². The minimum Gasteiger partial charge on any atom is -0.379 e. The smallest absolute Gasteiger partial charge is 0.304 e. The Labute approximate surface area is 94.9 Å². The molecule has 0 bridgehead atoms. The van der Waals surface area contributed by atoms with E-state index in [2.05, 4.69) is 15.3 Å². The lowest BCUT2D eigenvalue weighted by molar-refractivity contribution is 1.06. The molecule has 0 spiro atoms. The van der Waals surface area contributed by atoms with Crippen molar-refractivity contribution in [2.75, 3.05) is 5.32 Å². The van der Waals surface area contributed by atoms with Gasteiger partial charge in [-0.15, -0.1) is 0 Å². The van der Waals surface area contributed by atoms with Crippen LogP contribution in [-0.4, -0.2) is 9.97 Å². The van der Waals surface area contributed by atoms with Gasteiger partial charge in [-0.1, -0.05) is 22.9 Å². The van der Waals surface area contributed by atoms with Crippen molar-refractivity contribution in [1.29, 1.82) is 0 Å². The number of anilines is 1. The molecule has 0 aliphatic heterocycles. The fourth-order valence-electron chi connectivity index (χ4n) is 1.11. The number of nitrogens with zero attached hydrogens (tertiary/aromatic N) is 1. The van der Waals surface area contributed by atoms with Crippen LogP contribution in [0.25, 0.3) is 0 Å². The van der Waals surface area contributed by atoms with E-state index >= 15 is 0 Å². The molecular weight excluding hydrogens is 234 g/mol. The first kappa shape index (κ1) is 10.2. The number of rotatable bonds is 3. The third-order valence-electron chi connectivity index (χ3n) is 1.78. The first-order valence-corrected chi connectivity index (χ1v) is 5.52. The molecule has 2 heterocycles. The van der Waals surface area contributed by atoms with Crippen LogP contribution in [-0.2, 0) is 6.54 Å². The van der Waals surface area contributed by atoms with Gasteiger partial charge in [-0.25, -0.2) is 4.98 Å². The second kappa shape index (κ2) is 4.46. The number of hydrogen-bond acceptors (Lipinski definition) is 4. The minimum absolute atomic E-state index is 0.0421. The topological polar surface area (TPSA) is 57.8 Å². The maximum Gasteiger partial charge on any atom is 0.304 e. The second-order valence-corrected chi connectivity index (χ2v) is 4.12. The second-order valence-electron chi connectivity index (χ2n) is 2.89. The van der Waals surface area contributed by atoms with Gasteiger partial charge in [0.1, 0.15) is 5.15 Å². The normalized spacial score (nSPS) is 10.2. The van der Waals surface area contributed by atoms with Gasteiger partial charge in [-0.3, -0.25) is 4.79 Å². The molecule has 2 aromatic heterocycles. The van der Waals surface area contributed by atoms with Gasteiger partial charge in [-0.2, -0.15) is 0 Å². The van der Waals surface area contributed by atoms with Crippen molar-refractivity contribution >= 4 is 28.6 Å². The van der Waals surface area contributed by atoms with E-state index in [9.17, 15) is 4.79 Å². The van der Waals surface area contributed by atoms with Crippen LogP contribution in [0.15, 0.2) is 28.5 Å². The van der Waals surface area contributed by atoms with Crippen LogP contribution in [0.3, 0.4) is 0 Å². The zero-order chi connectivity index (χ0) is 10.7. The van der Waals surface area contributed by atoms with Crippen LogP contribution in [0.2, 0.25) is 5.15 Å². The Balaban J connectivity index is 2.02. The Bertz CT molecular complexity index is 508. The number of hydrogen-bond donors (Lipinski definition) is 2. The predicted molar refractivity (Wildman–Crippen MR) is 61.5 cm³/mol. The number of nitrogens with one attached hydrogen (secondary N) is 2. The minimum atomic E-state index is -0.0421. The molecule has 0 radical (unpaired) electrons. The van der Waals surface area contributed by atoms with E-state index in [1.54, 1.807) is 17.6 Å². The Morgan fingerprint density at radius 2 is 2.47 bits per heavy atom. The molecule has 0 saturated carbocycles. The number of halogens is 1. The fourth-order valence-corrected chi connectivity index (χ4v) is 1.87. The van der Waals surface area contributed by atoms with Crippen LogP contribution in [0.1, 0.15) is 5.69 Å². The molecule has 78 valence electrons. The zero-order valence-electron chi connectivity index (χ0n) is 7.66. The molecule has 4 nitrogen and oxygen atoms in total. The molecule has 2 rings (SSSR count). The van der Waals surface area contributed by atoms with Gasteiger partial charge in [0.2, 0.25) is 0 Å². The lowest BCUT2D eigenvalue weighted by Gasteiger charge is -2.03. The third kappa shape index (κ3) is 2.81. The van der Waals surface area contributed by atoms with E-state index in [0.717, 1.165) is 22.7 Å². The Kier molecular flexibility index (Phi) is 3.03. The Morgan fingerprint density at radius 3 is 3.13 bits per heavy atom. The molecule has 0 aromatic carbocycles. The summed E-state index contributed by atoms with van der Waals surface area (Å²) in [4.78, 5) is 17.4. The molecule has 15 heavy (non-hydrogen) atoms. The zero-order valence-corrected chi connectivity index (χ0v) is 9.23. The van der Waals surface area contributed by atoms with Gasteiger partial charge in [0.05, 0.1) is 6.54 Å². The van der Waals surface area contributed by atoms with Crippen molar-refractivity contribution in [3.63, 3.8) is 0 Å². The highest BCUT2D eigenvalue weighted by molar-refractivity contribution is 7.07. The van der Waals surface area contributed by atoms with Crippen molar-refractivity contribution in [3.8, 4) is 0 Å². The average Bonchev–Trinajstić information content (AvgIpc) is 2.62. The monoisotopic (exact) mass is 241 g/mol. The van der Waals surface area contributed by atoms with Crippen LogP contribution in [0.4, 0.5) is 5.69 Å². The maximum absolute atomic E-state index is 10.9. The van der Waals surface area contributed by atoms with E-state index in [1.165, 1.54) is 0 Å². The molecule has 0 amide bonds. The standard InChI is InChI=1S/C9H8ClN3OS/c10-8-3-6(1-2-11-8)12-4-7-5-15-9(14)13-7/h1-3,5H,4H2,(H,11,12)(H,13,14). The number of thiazole rings is 1. The molecule has 0 aliphatic carbocycles. The van der Waals surface area contributed by atoms with Crippen LogP contribution < -0.4 is 10.2 Å². The van der Waals surface area contributed by atoms with Crippen LogP contribution in [0, 0.1) is 0 Å². The number of H-pyrrole nitrogens is 1. The fraction of sp³-hybridized carbons (Fsp3) is 0.111. The van der Waals surface area contributed by atoms with Crippen LogP contribution in [0.5, 0.6) is 0 Å². The highest BCUT2D eigenvalue weighted by Crippen LogP contribution is 2.12. The van der Waals surface area contributed by atoms with Gasteiger partial charge in [0.25, 0.3) is 0 Å². The maximum atomic E-state index is 10.9. The molecule has 0 unspecified atom stereocenters. The van der Waals surface area contributed by atoms with E-state index in [0.29, 0.717) is 11.7 Å². The molecule has 0 atom stereocenters. The number of aromatic nitrogens is 2. The Hall–Kier alpha value is -1.33. The SMILES string of the molecule is O=c1[nH]c(CNc2ccnc(Cl)c2)cs1. The van der Waals surface area contributed by atoms with Crippen molar-refractivity contribution in [2.24, 2.45) is 0 Å². The summed E-state index contributed by atoms with van der Waals surface area (Å²) in [6.07, 6.45) is 1.63. The summed E-state index contributed by atoms with van der Waals surface area (Å²) in [5.74, 6) is 0. The average molecular weight is 242 g/mol. The van der Waals surface area contributed by atoms with Gasteiger partial charge in [0.15, 0.2) is 0 Å². The number of aromatic amines is 1. The summed E-state index contributed by atoms with van der Waals surface area (Å²) in [7, 11) is 0. The van der Waals surface area contributed by atoms with E-state index in [1.807, 2.05) is 6.07 Å². The largest absolute Gasteiger partial charge is 0.379 e. The predicted octanol–water partition coefficient (Wildman–Crippen LogP) is 2.10. The van der Waals surface area contributed by atoms with Crippen molar-refractivity contribution in [2.45, 2.75) is 6.54 Å². The molecule has 0 saturated heterocycles. The Morgan fingerprint density at radius 1 is 1.60 bits per heavy atom. The summed E-state index contributed by atoms with van der Waals surface area (Å²) in [5, 5.41) is 5.36. The molecule has 2 N–H and O–H groups in total. The van der Waals surface area contributed by atoms with Crippen molar-refractivity contribution in [3.05, 3.63) is 44.2 Å². The highest BCUT2D eigenvalue weighted by atomic mass is 35.5.